The van der Waals surface area contributed by atoms with Gasteiger partial charge < -0.3 is 5.11 Å². The average Bonchev–Trinajstić information content (AvgIpc) is 2.27. The number of thioether (sulfide) groups is 1. The van der Waals surface area contributed by atoms with Crippen molar-refractivity contribution in [2.75, 3.05) is 6.26 Å². The zero-order valence-electron chi connectivity index (χ0n) is 9.27. The number of rotatable bonds is 5. The molecule has 1 atom stereocenters. The van der Waals surface area contributed by atoms with Crippen molar-refractivity contribution in [2.45, 2.75) is 18.2 Å². The highest BCUT2D eigenvalue weighted by atomic mass is 32.2. The van der Waals surface area contributed by atoms with Crippen LogP contribution in [0, 0.1) is 5.92 Å². The van der Waals surface area contributed by atoms with Crippen LogP contribution in [0.3, 0.4) is 0 Å². The largest absolute Gasteiger partial charge is 0.481 e. The van der Waals surface area contributed by atoms with E-state index in [2.05, 4.69) is 0 Å². The quantitative estimate of drug-likeness (QED) is 0.633. The molecule has 0 spiro atoms. The monoisotopic (exact) mass is 238 g/mol. The fraction of sp³-hybridized carbons (Fsp3) is 0.333. The van der Waals surface area contributed by atoms with E-state index < -0.39 is 11.9 Å². The maximum atomic E-state index is 12.0. The Labute approximate surface area is 98.9 Å². The number of ketones is 1. The lowest BCUT2D eigenvalue weighted by Crippen LogP contribution is -2.16. The van der Waals surface area contributed by atoms with Crippen molar-refractivity contribution in [3.63, 3.8) is 0 Å². The maximum Gasteiger partial charge on any atom is 0.304 e. The van der Waals surface area contributed by atoms with Gasteiger partial charge in [0.25, 0.3) is 0 Å². The minimum atomic E-state index is -0.942. The van der Waals surface area contributed by atoms with Gasteiger partial charge in [0.1, 0.15) is 0 Å². The zero-order valence-corrected chi connectivity index (χ0v) is 10.1. The van der Waals surface area contributed by atoms with Gasteiger partial charge in [0.15, 0.2) is 5.78 Å². The summed E-state index contributed by atoms with van der Waals surface area (Å²) in [7, 11) is 0. The summed E-state index contributed by atoms with van der Waals surface area (Å²) in [6.07, 6.45) is 1.77. The second-order valence-electron chi connectivity index (χ2n) is 3.56. The standard InChI is InChI=1S/C12H14O3S/c1-8(7-11(13)14)12(15)9-5-3-4-6-10(9)16-2/h3-6,8H,7H2,1-2H3,(H,13,14). The predicted octanol–water partition coefficient (Wildman–Crippen LogP) is 2.70. The molecule has 0 fully saturated rings. The molecule has 1 N–H and O–H groups in total. The minimum absolute atomic E-state index is 0.104. The Morgan fingerprint density at radius 3 is 2.56 bits per heavy atom. The lowest BCUT2D eigenvalue weighted by Gasteiger charge is -2.10. The van der Waals surface area contributed by atoms with Crippen LogP contribution in [-0.4, -0.2) is 23.1 Å². The van der Waals surface area contributed by atoms with Crippen LogP contribution < -0.4 is 0 Å². The molecule has 0 aromatic heterocycles. The van der Waals surface area contributed by atoms with Crippen LogP contribution >= 0.6 is 11.8 Å². The van der Waals surface area contributed by atoms with Gasteiger partial charge in [0, 0.05) is 16.4 Å². The molecule has 1 rings (SSSR count). The van der Waals surface area contributed by atoms with Gasteiger partial charge in [-0.3, -0.25) is 9.59 Å². The minimum Gasteiger partial charge on any atom is -0.481 e. The van der Waals surface area contributed by atoms with Crippen molar-refractivity contribution in [1.82, 2.24) is 0 Å². The van der Waals surface area contributed by atoms with Crippen LogP contribution in [0.5, 0.6) is 0 Å². The fourth-order valence-electron chi connectivity index (χ4n) is 1.47. The molecule has 0 saturated carbocycles. The molecule has 0 radical (unpaired) electrons. The van der Waals surface area contributed by atoms with Crippen molar-refractivity contribution >= 4 is 23.5 Å². The summed E-state index contributed by atoms with van der Waals surface area (Å²) in [4.78, 5) is 23.4. The van der Waals surface area contributed by atoms with Crippen LogP contribution in [-0.2, 0) is 4.79 Å². The number of carboxylic acid groups (broad SMARTS) is 1. The first-order valence-electron chi connectivity index (χ1n) is 4.95. The number of benzene rings is 1. The number of aliphatic carboxylic acids is 1. The van der Waals surface area contributed by atoms with E-state index in [1.54, 1.807) is 19.1 Å². The Morgan fingerprint density at radius 1 is 1.38 bits per heavy atom. The number of Topliss-reactive ketones (excluding diaryl/α,β-unsaturated/α-hetero) is 1. The Morgan fingerprint density at radius 2 is 2.00 bits per heavy atom. The van der Waals surface area contributed by atoms with E-state index >= 15 is 0 Å². The molecule has 0 bridgehead atoms. The van der Waals surface area contributed by atoms with E-state index in [0.29, 0.717) is 5.56 Å². The van der Waals surface area contributed by atoms with Crippen LogP contribution in [0.1, 0.15) is 23.7 Å². The number of carbonyl (C=O) groups excluding carboxylic acids is 1. The molecule has 1 aromatic carbocycles. The molecular weight excluding hydrogens is 224 g/mol. The van der Waals surface area contributed by atoms with E-state index in [1.165, 1.54) is 11.8 Å². The zero-order chi connectivity index (χ0) is 12.1. The molecule has 0 aliphatic heterocycles. The first-order chi connectivity index (χ1) is 7.56. The molecule has 0 saturated heterocycles. The maximum absolute atomic E-state index is 12.0. The number of carboxylic acids is 1. The van der Waals surface area contributed by atoms with Gasteiger partial charge in [-0.25, -0.2) is 0 Å². The lowest BCUT2D eigenvalue weighted by atomic mass is 9.96. The molecule has 4 heteroatoms. The van der Waals surface area contributed by atoms with Crippen molar-refractivity contribution < 1.29 is 14.7 Å². The van der Waals surface area contributed by atoms with Crippen molar-refractivity contribution in [3.05, 3.63) is 29.8 Å². The summed E-state index contributed by atoms with van der Waals surface area (Å²) in [6.45, 7) is 1.65. The van der Waals surface area contributed by atoms with Crippen LogP contribution in [0.25, 0.3) is 0 Å². The van der Waals surface area contributed by atoms with Gasteiger partial charge in [-0.05, 0) is 12.3 Å². The Balaban J connectivity index is 2.91. The molecule has 0 heterocycles. The average molecular weight is 238 g/mol. The summed E-state index contributed by atoms with van der Waals surface area (Å²) in [5.74, 6) is -1.53. The first kappa shape index (κ1) is 12.8. The van der Waals surface area contributed by atoms with Crippen LogP contribution in [0.4, 0.5) is 0 Å². The summed E-state index contributed by atoms with van der Waals surface area (Å²) < 4.78 is 0. The number of carbonyl (C=O) groups is 2. The van der Waals surface area contributed by atoms with E-state index in [-0.39, 0.29) is 12.2 Å². The summed E-state index contributed by atoms with van der Waals surface area (Å²) >= 11 is 1.49. The Kier molecular flexibility index (Phi) is 4.55. The molecule has 3 nitrogen and oxygen atoms in total. The second-order valence-corrected chi connectivity index (χ2v) is 4.41. The van der Waals surface area contributed by atoms with Crippen molar-refractivity contribution in [1.29, 1.82) is 0 Å². The normalized spacial score (nSPS) is 12.1. The third-order valence-electron chi connectivity index (χ3n) is 2.30. The topological polar surface area (TPSA) is 54.4 Å². The van der Waals surface area contributed by atoms with E-state index in [9.17, 15) is 9.59 Å². The Bertz CT molecular complexity index is 401. The van der Waals surface area contributed by atoms with E-state index in [4.69, 9.17) is 5.11 Å². The third-order valence-corrected chi connectivity index (χ3v) is 3.10. The SMILES string of the molecule is CSc1ccccc1C(=O)C(C)CC(=O)O. The smallest absolute Gasteiger partial charge is 0.304 e. The van der Waals surface area contributed by atoms with Gasteiger partial charge in [-0.1, -0.05) is 25.1 Å². The molecule has 1 aromatic rings. The van der Waals surface area contributed by atoms with Gasteiger partial charge >= 0.3 is 5.97 Å². The lowest BCUT2D eigenvalue weighted by molar-refractivity contribution is -0.137. The number of hydrogen-bond donors (Lipinski definition) is 1. The predicted molar refractivity (Wildman–Crippen MR) is 64.0 cm³/mol. The van der Waals surface area contributed by atoms with Crippen LogP contribution in [0.2, 0.25) is 0 Å². The highest BCUT2D eigenvalue weighted by Gasteiger charge is 2.20. The molecular formula is C12H14O3S. The second kappa shape index (κ2) is 5.70. The van der Waals surface area contributed by atoms with E-state index in [0.717, 1.165) is 4.90 Å². The van der Waals surface area contributed by atoms with Crippen molar-refractivity contribution in [3.8, 4) is 0 Å². The summed E-state index contributed by atoms with van der Waals surface area (Å²) in [5.41, 5.74) is 0.615. The van der Waals surface area contributed by atoms with Gasteiger partial charge in [-0.2, -0.15) is 0 Å². The molecule has 0 aliphatic rings. The van der Waals surface area contributed by atoms with Crippen LogP contribution in [0.15, 0.2) is 29.2 Å². The first-order valence-corrected chi connectivity index (χ1v) is 6.17. The molecule has 0 aliphatic carbocycles. The van der Waals surface area contributed by atoms with E-state index in [1.807, 2.05) is 18.4 Å². The molecule has 16 heavy (non-hydrogen) atoms. The molecule has 86 valence electrons. The third kappa shape index (κ3) is 3.10. The highest BCUT2D eigenvalue weighted by molar-refractivity contribution is 7.98. The van der Waals surface area contributed by atoms with Crippen molar-refractivity contribution in [2.24, 2.45) is 5.92 Å². The fourth-order valence-corrected chi connectivity index (χ4v) is 2.07. The summed E-state index contributed by atoms with van der Waals surface area (Å²) in [5, 5.41) is 8.65. The Hall–Kier alpha value is -1.29. The van der Waals surface area contributed by atoms with Gasteiger partial charge in [0.2, 0.25) is 0 Å². The number of hydrogen-bond acceptors (Lipinski definition) is 3. The van der Waals surface area contributed by atoms with Gasteiger partial charge in [-0.15, -0.1) is 11.8 Å². The highest BCUT2D eigenvalue weighted by Crippen LogP contribution is 2.23. The molecule has 1 unspecified atom stereocenters. The summed E-state index contributed by atoms with van der Waals surface area (Å²) in [6, 6.07) is 7.27. The molecule has 0 amide bonds. The van der Waals surface area contributed by atoms with Gasteiger partial charge in [0.05, 0.1) is 6.42 Å².